The number of aryl methyl sites for hydroxylation is 1. The highest BCUT2D eigenvalue weighted by Crippen LogP contribution is 2.27. The molecule has 0 aromatic carbocycles. The van der Waals surface area contributed by atoms with Crippen molar-refractivity contribution < 1.29 is 4.74 Å². The molecule has 6 heteroatoms. The van der Waals surface area contributed by atoms with Crippen LogP contribution in [0.3, 0.4) is 0 Å². The second-order valence-corrected chi connectivity index (χ2v) is 6.59. The molecule has 2 aromatic heterocycles. The van der Waals surface area contributed by atoms with E-state index in [0.717, 1.165) is 49.8 Å². The van der Waals surface area contributed by atoms with Crippen molar-refractivity contribution in [2.45, 2.75) is 58.2 Å². The summed E-state index contributed by atoms with van der Waals surface area (Å²) in [5.74, 6) is 7.87. The van der Waals surface area contributed by atoms with Crippen molar-refractivity contribution in [3.8, 4) is 23.4 Å². The Hall–Kier alpha value is -2.13. The molecule has 0 N–H and O–H groups in total. The van der Waals surface area contributed by atoms with Gasteiger partial charge in [0.05, 0.1) is 18.8 Å². The van der Waals surface area contributed by atoms with Gasteiger partial charge >= 0.3 is 0 Å². The fraction of sp³-hybridized carbons (Fsp3) is 0.611. The Morgan fingerprint density at radius 1 is 1.25 bits per heavy atom. The smallest absolute Gasteiger partial charge is 0.163 e. The summed E-state index contributed by atoms with van der Waals surface area (Å²) in [7, 11) is 0. The highest BCUT2D eigenvalue weighted by molar-refractivity contribution is 5.50. The van der Waals surface area contributed by atoms with Crippen LogP contribution in [0.4, 0.5) is 0 Å². The Labute approximate surface area is 142 Å². The lowest BCUT2D eigenvalue weighted by molar-refractivity contribution is 0.00370. The number of ether oxygens (including phenoxy) is 1. The number of rotatable bonds is 4. The van der Waals surface area contributed by atoms with Crippen LogP contribution < -0.4 is 0 Å². The van der Waals surface area contributed by atoms with Crippen molar-refractivity contribution >= 4 is 0 Å². The minimum absolute atomic E-state index is 0.249. The van der Waals surface area contributed by atoms with Crippen molar-refractivity contribution in [1.29, 1.82) is 0 Å². The highest BCUT2D eigenvalue weighted by atomic mass is 16.5. The number of aromatic nitrogens is 5. The van der Waals surface area contributed by atoms with Crippen LogP contribution >= 0.6 is 0 Å². The molecule has 6 nitrogen and oxygen atoms in total. The zero-order valence-electron chi connectivity index (χ0n) is 14.1. The molecule has 2 fully saturated rings. The topological polar surface area (TPSA) is 57.8 Å². The maximum Gasteiger partial charge on any atom is 0.163 e. The normalized spacial score (nSPS) is 20.6. The minimum atomic E-state index is 0.249. The molecule has 126 valence electrons. The number of imidazole rings is 1. The Morgan fingerprint density at radius 3 is 2.92 bits per heavy atom. The molecule has 1 aliphatic carbocycles. The second kappa shape index (κ2) is 6.78. The molecule has 0 unspecified atom stereocenters. The van der Waals surface area contributed by atoms with Gasteiger partial charge in [0.25, 0.3) is 0 Å². The summed E-state index contributed by atoms with van der Waals surface area (Å²) in [4.78, 5) is 4.65. The number of hydrogen-bond donors (Lipinski definition) is 0. The van der Waals surface area contributed by atoms with Gasteiger partial charge in [-0.05, 0) is 44.9 Å². The van der Waals surface area contributed by atoms with Gasteiger partial charge in [-0.15, -0.1) is 5.10 Å². The van der Waals surface area contributed by atoms with E-state index >= 15 is 0 Å². The first-order chi connectivity index (χ1) is 11.8. The van der Waals surface area contributed by atoms with E-state index in [4.69, 9.17) is 4.74 Å². The van der Waals surface area contributed by atoms with Crippen LogP contribution in [0.25, 0.3) is 11.5 Å². The maximum atomic E-state index is 5.78. The molecule has 2 aliphatic rings. The van der Waals surface area contributed by atoms with Crippen molar-refractivity contribution in [2.75, 3.05) is 6.61 Å². The summed E-state index contributed by atoms with van der Waals surface area (Å²) in [5.41, 5.74) is 1.62. The maximum absolute atomic E-state index is 5.78. The second-order valence-electron chi connectivity index (χ2n) is 6.59. The predicted octanol–water partition coefficient (Wildman–Crippen LogP) is 2.49. The molecule has 0 bridgehead atoms. The molecule has 0 radical (unpaired) electrons. The quantitative estimate of drug-likeness (QED) is 0.811. The van der Waals surface area contributed by atoms with E-state index in [1.807, 2.05) is 17.1 Å². The number of nitrogens with zero attached hydrogens (tertiary/aromatic N) is 5. The molecule has 0 amide bonds. The summed E-state index contributed by atoms with van der Waals surface area (Å²) in [5, 5.41) is 8.56. The first-order valence-electron chi connectivity index (χ1n) is 8.92. The third kappa shape index (κ3) is 3.51. The zero-order valence-corrected chi connectivity index (χ0v) is 14.1. The molecule has 2 aromatic rings. The molecule has 24 heavy (non-hydrogen) atoms. The molecular formula is C18H23N5O. The predicted molar refractivity (Wildman–Crippen MR) is 90.1 cm³/mol. The van der Waals surface area contributed by atoms with E-state index in [1.54, 1.807) is 0 Å². The van der Waals surface area contributed by atoms with Gasteiger partial charge < -0.3 is 9.30 Å². The SMILES string of the molecule is CCn1cc(C#CC2CC2)nc1-c1cn(C[C@H]2CCCCO2)nn1. The van der Waals surface area contributed by atoms with E-state index in [9.17, 15) is 0 Å². The van der Waals surface area contributed by atoms with Crippen LogP contribution in [0.2, 0.25) is 0 Å². The minimum Gasteiger partial charge on any atom is -0.376 e. The van der Waals surface area contributed by atoms with E-state index in [-0.39, 0.29) is 6.10 Å². The van der Waals surface area contributed by atoms with Crippen molar-refractivity contribution in [1.82, 2.24) is 24.5 Å². The summed E-state index contributed by atoms with van der Waals surface area (Å²) in [6, 6.07) is 0. The van der Waals surface area contributed by atoms with Crippen molar-refractivity contribution in [3.63, 3.8) is 0 Å². The lowest BCUT2D eigenvalue weighted by Gasteiger charge is -2.21. The largest absolute Gasteiger partial charge is 0.376 e. The van der Waals surface area contributed by atoms with E-state index in [1.165, 1.54) is 19.3 Å². The van der Waals surface area contributed by atoms with Gasteiger partial charge in [0, 0.05) is 25.3 Å². The van der Waals surface area contributed by atoms with Crippen molar-refractivity contribution in [3.05, 3.63) is 18.1 Å². The van der Waals surface area contributed by atoms with Gasteiger partial charge in [0.2, 0.25) is 0 Å². The first kappa shape index (κ1) is 15.4. The summed E-state index contributed by atoms with van der Waals surface area (Å²) >= 11 is 0. The Kier molecular flexibility index (Phi) is 4.35. The first-order valence-corrected chi connectivity index (χ1v) is 8.92. The van der Waals surface area contributed by atoms with Gasteiger partial charge in [0.1, 0.15) is 11.4 Å². The molecule has 0 spiro atoms. The molecule has 1 saturated carbocycles. The van der Waals surface area contributed by atoms with Crippen LogP contribution in [0.15, 0.2) is 12.4 Å². The van der Waals surface area contributed by atoms with E-state index in [0.29, 0.717) is 5.92 Å². The Morgan fingerprint density at radius 2 is 2.17 bits per heavy atom. The molecule has 3 heterocycles. The van der Waals surface area contributed by atoms with Gasteiger partial charge in [-0.2, -0.15) is 0 Å². The molecule has 1 aliphatic heterocycles. The van der Waals surface area contributed by atoms with Crippen LogP contribution in [-0.4, -0.2) is 37.3 Å². The zero-order chi connectivity index (χ0) is 16.4. The summed E-state index contributed by atoms with van der Waals surface area (Å²) in [6.07, 6.45) is 10.2. The average molecular weight is 325 g/mol. The molecule has 4 rings (SSSR count). The van der Waals surface area contributed by atoms with Gasteiger partial charge in [0.15, 0.2) is 5.82 Å². The van der Waals surface area contributed by atoms with Gasteiger partial charge in [-0.3, -0.25) is 0 Å². The van der Waals surface area contributed by atoms with Crippen LogP contribution in [0.1, 0.15) is 44.7 Å². The third-order valence-electron chi connectivity index (χ3n) is 4.53. The lowest BCUT2D eigenvalue weighted by Crippen LogP contribution is -2.24. The molecular weight excluding hydrogens is 302 g/mol. The Bertz CT molecular complexity index is 756. The van der Waals surface area contributed by atoms with Gasteiger partial charge in [-0.1, -0.05) is 11.1 Å². The lowest BCUT2D eigenvalue weighted by atomic mass is 10.1. The van der Waals surface area contributed by atoms with E-state index in [2.05, 4.69) is 38.6 Å². The fourth-order valence-electron chi connectivity index (χ4n) is 2.98. The number of hydrogen-bond acceptors (Lipinski definition) is 4. The molecule has 1 saturated heterocycles. The van der Waals surface area contributed by atoms with E-state index < -0.39 is 0 Å². The summed E-state index contributed by atoms with van der Waals surface area (Å²) in [6.45, 7) is 4.55. The van der Waals surface area contributed by atoms with Crippen LogP contribution in [0.5, 0.6) is 0 Å². The highest BCUT2D eigenvalue weighted by Gasteiger charge is 2.19. The Balaban J connectivity index is 1.51. The van der Waals surface area contributed by atoms with Crippen LogP contribution in [0, 0.1) is 17.8 Å². The van der Waals surface area contributed by atoms with Crippen LogP contribution in [-0.2, 0) is 17.8 Å². The standard InChI is InChI=1S/C18H23N5O/c1-2-22-11-15(9-8-14-6-7-14)19-18(22)17-13-23(21-20-17)12-16-5-3-4-10-24-16/h11,13-14,16H,2-7,10,12H2,1H3/t16-/m1/s1. The molecule has 1 atom stereocenters. The average Bonchev–Trinajstić information content (AvgIpc) is 3.17. The fourth-order valence-corrected chi connectivity index (χ4v) is 2.98. The summed E-state index contributed by atoms with van der Waals surface area (Å²) < 4.78 is 9.73. The third-order valence-corrected chi connectivity index (χ3v) is 4.53. The monoisotopic (exact) mass is 325 g/mol. The van der Waals surface area contributed by atoms with Gasteiger partial charge in [-0.25, -0.2) is 9.67 Å². The van der Waals surface area contributed by atoms with Crippen molar-refractivity contribution in [2.24, 2.45) is 5.92 Å².